The van der Waals surface area contributed by atoms with Crippen LogP contribution in [0.15, 0.2) is 18.2 Å². The number of rotatable bonds is 4. The number of carbonyl (C=O) groups is 1. The van der Waals surface area contributed by atoms with Crippen LogP contribution < -0.4 is 11.1 Å². The molecule has 1 aromatic rings. The Balaban J connectivity index is 2.73. The molecule has 0 aliphatic heterocycles. The molecule has 1 rings (SSSR count). The van der Waals surface area contributed by atoms with E-state index in [2.05, 4.69) is 5.32 Å². The summed E-state index contributed by atoms with van der Waals surface area (Å²) in [5.74, 6) is -1.49. The van der Waals surface area contributed by atoms with E-state index in [1.54, 1.807) is 6.92 Å². The fourth-order valence-corrected chi connectivity index (χ4v) is 1.60. The minimum Gasteiger partial charge on any atom is -0.507 e. The molecule has 0 aromatic heterocycles. The zero-order valence-electron chi connectivity index (χ0n) is 9.24. The maximum atomic E-state index is 12.7. The average molecular weight is 256 g/mol. The van der Waals surface area contributed by atoms with Crippen LogP contribution in [0.4, 0.5) is 4.39 Å². The molecule has 6 heteroatoms. The number of benzene rings is 1. The number of aromatic hydroxyl groups is 1. The highest BCUT2D eigenvalue weighted by molar-refractivity contribution is 7.80. The molecule has 0 saturated carbocycles. The average Bonchev–Trinajstić information content (AvgIpc) is 2.15. The molecule has 4 N–H and O–H groups in total. The second-order valence-electron chi connectivity index (χ2n) is 3.71. The number of nitrogens with one attached hydrogen (secondary N) is 1. The lowest BCUT2D eigenvalue weighted by Gasteiger charge is -2.13. The van der Waals surface area contributed by atoms with Gasteiger partial charge < -0.3 is 16.2 Å². The fourth-order valence-electron chi connectivity index (χ4n) is 1.35. The van der Waals surface area contributed by atoms with Crippen LogP contribution >= 0.6 is 12.2 Å². The van der Waals surface area contributed by atoms with Gasteiger partial charge in [0.2, 0.25) is 0 Å². The molecule has 0 bridgehead atoms. The fraction of sp³-hybridized carbons (Fsp3) is 0.273. The highest BCUT2D eigenvalue weighted by Gasteiger charge is 2.14. The third kappa shape index (κ3) is 3.99. The van der Waals surface area contributed by atoms with Crippen LogP contribution in [0.1, 0.15) is 23.7 Å². The molecule has 0 aliphatic rings. The van der Waals surface area contributed by atoms with Crippen LogP contribution in [0.3, 0.4) is 0 Å². The summed E-state index contributed by atoms with van der Waals surface area (Å²) in [6.45, 7) is 1.73. The van der Waals surface area contributed by atoms with Gasteiger partial charge in [-0.3, -0.25) is 4.79 Å². The zero-order chi connectivity index (χ0) is 13.0. The third-order valence-electron chi connectivity index (χ3n) is 2.09. The highest BCUT2D eigenvalue weighted by atomic mass is 32.1. The summed E-state index contributed by atoms with van der Waals surface area (Å²) in [7, 11) is 0. The van der Waals surface area contributed by atoms with Crippen molar-refractivity contribution in [2.24, 2.45) is 5.73 Å². The number of hydrogen-bond acceptors (Lipinski definition) is 3. The van der Waals surface area contributed by atoms with E-state index in [-0.39, 0.29) is 11.6 Å². The van der Waals surface area contributed by atoms with Gasteiger partial charge in [-0.05, 0) is 19.1 Å². The minimum atomic E-state index is -0.602. The molecule has 1 aromatic carbocycles. The van der Waals surface area contributed by atoms with Crippen LogP contribution in [0.25, 0.3) is 0 Å². The Morgan fingerprint density at radius 1 is 1.65 bits per heavy atom. The number of hydrogen-bond donors (Lipinski definition) is 3. The van der Waals surface area contributed by atoms with Crippen molar-refractivity contribution in [3.05, 3.63) is 29.6 Å². The smallest absolute Gasteiger partial charge is 0.255 e. The third-order valence-corrected chi connectivity index (χ3v) is 2.26. The SMILES string of the molecule is CC(CC(N)=S)NC(=O)c1ccc(F)cc1O. The largest absolute Gasteiger partial charge is 0.507 e. The van der Waals surface area contributed by atoms with Gasteiger partial charge in [0.05, 0.1) is 10.6 Å². The van der Waals surface area contributed by atoms with Crippen molar-refractivity contribution in [3.63, 3.8) is 0 Å². The van der Waals surface area contributed by atoms with Crippen molar-refractivity contribution in [1.82, 2.24) is 5.32 Å². The molecular weight excluding hydrogens is 243 g/mol. The second-order valence-corrected chi connectivity index (χ2v) is 4.23. The summed E-state index contributed by atoms with van der Waals surface area (Å²) in [5.41, 5.74) is 5.35. The maximum absolute atomic E-state index is 12.7. The van der Waals surface area contributed by atoms with Crippen molar-refractivity contribution in [1.29, 1.82) is 0 Å². The summed E-state index contributed by atoms with van der Waals surface area (Å²) < 4.78 is 12.7. The minimum absolute atomic E-state index is 0.0150. The van der Waals surface area contributed by atoms with Gasteiger partial charge in [0.1, 0.15) is 11.6 Å². The van der Waals surface area contributed by atoms with E-state index < -0.39 is 17.5 Å². The van der Waals surface area contributed by atoms with E-state index >= 15 is 0 Å². The molecular formula is C11H13FN2O2S. The van der Waals surface area contributed by atoms with Crippen molar-refractivity contribution >= 4 is 23.1 Å². The van der Waals surface area contributed by atoms with E-state index in [1.165, 1.54) is 6.07 Å². The standard InChI is InChI=1S/C11H13FN2O2S/c1-6(4-10(13)17)14-11(16)8-3-2-7(12)5-9(8)15/h2-3,5-6,15H,4H2,1H3,(H2,13,17)(H,14,16). The lowest BCUT2D eigenvalue weighted by atomic mass is 10.1. The van der Waals surface area contributed by atoms with Crippen LogP contribution in [-0.2, 0) is 0 Å². The topological polar surface area (TPSA) is 75.3 Å². The first-order chi connectivity index (χ1) is 7.90. The first kappa shape index (κ1) is 13.4. The van der Waals surface area contributed by atoms with Crippen molar-refractivity contribution in [2.75, 3.05) is 0 Å². The Morgan fingerprint density at radius 3 is 2.82 bits per heavy atom. The molecule has 17 heavy (non-hydrogen) atoms. The molecule has 0 spiro atoms. The van der Waals surface area contributed by atoms with E-state index in [0.717, 1.165) is 12.1 Å². The number of thiocarbonyl (C=S) groups is 1. The highest BCUT2D eigenvalue weighted by Crippen LogP contribution is 2.17. The number of nitrogens with two attached hydrogens (primary N) is 1. The van der Waals surface area contributed by atoms with Gasteiger partial charge in [0.25, 0.3) is 5.91 Å². The lowest BCUT2D eigenvalue weighted by molar-refractivity contribution is 0.0938. The predicted molar refractivity (Wildman–Crippen MR) is 66.4 cm³/mol. The Kier molecular flexibility index (Phi) is 4.39. The summed E-state index contributed by atoms with van der Waals surface area (Å²) in [6.07, 6.45) is 0.364. The van der Waals surface area contributed by atoms with Crippen molar-refractivity contribution in [2.45, 2.75) is 19.4 Å². The van der Waals surface area contributed by atoms with Gasteiger partial charge in [0, 0.05) is 18.5 Å². The zero-order valence-corrected chi connectivity index (χ0v) is 10.1. The first-order valence-corrected chi connectivity index (χ1v) is 5.38. The lowest BCUT2D eigenvalue weighted by Crippen LogP contribution is -2.35. The molecule has 1 amide bonds. The van der Waals surface area contributed by atoms with Crippen LogP contribution in [0.2, 0.25) is 0 Å². The van der Waals surface area contributed by atoms with Crippen LogP contribution in [-0.4, -0.2) is 22.0 Å². The molecule has 0 radical (unpaired) electrons. The van der Waals surface area contributed by atoms with Crippen molar-refractivity contribution < 1.29 is 14.3 Å². The van der Waals surface area contributed by atoms with E-state index in [9.17, 15) is 14.3 Å². The van der Waals surface area contributed by atoms with Crippen LogP contribution in [0, 0.1) is 5.82 Å². The number of amides is 1. The van der Waals surface area contributed by atoms with E-state index in [1.807, 2.05) is 0 Å². The van der Waals surface area contributed by atoms with Crippen LogP contribution in [0.5, 0.6) is 5.75 Å². The molecule has 0 fully saturated rings. The molecule has 1 unspecified atom stereocenters. The van der Waals surface area contributed by atoms with Gasteiger partial charge in [0.15, 0.2) is 0 Å². The van der Waals surface area contributed by atoms with Gasteiger partial charge >= 0.3 is 0 Å². The van der Waals surface area contributed by atoms with E-state index in [4.69, 9.17) is 18.0 Å². The monoisotopic (exact) mass is 256 g/mol. The van der Waals surface area contributed by atoms with E-state index in [0.29, 0.717) is 11.4 Å². The summed E-state index contributed by atoms with van der Waals surface area (Å²) in [4.78, 5) is 12.0. The number of phenolic OH excluding ortho intramolecular Hbond substituents is 1. The van der Waals surface area contributed by atoms with Crippen molar-refractivity contribution in [3.8, 4) is 5.75 Å². The molecule has 4 nitrogen and oxygen atoms in total. The Hall–Kier alpha value is -1.69. The number of carbonyl (C=O) groups excluding carboxylic acids is 1. The summed E-state index contributed by atoms with van der Waals surface area (Å²) >= 11 is 4.71. The van der Waals surface area contributed by atoms with Gasteiger partial charge in [-0.15, -0.1) is 0 Å². The predicted octanol–water partition coefficient (Wildman–Crippen LogP) is 1.33. The molecule has 0 aliphatic carbocycles. The summed E-state index contributed by atoms with van der Waals surface area (Å²) in [5, 5.41) is 12.0. The Morgan fingerprint density at radius 2 is 2.29 bits per heavy atom. The van der Waals surface area contributed by atoms with Gasteiger partial charge in [-0.2, -0.15) is 0 Å². The van der Waals surface area contributed by atoms with Gasteiger partial charge in [-0.25, -0.2) is 4.39 Å². The Bertz CT molecular complexity index is 451. The first-order valence-electron chi connectivity index (χ1n) is 4.98. The quantitative estimate of drug-likeness (QED) is 0.710. The Labute approximate surface area is 104 Å². The normalized spacial score (nSPS) is 11.9. The van der Waals surface area contributed by atoms with Gasteiger partial charge in [-0.1, -0.05) is 12.2 Å². The second kappa shape index (κ2) is 5.58. The maximum Gasteiger partial charge on any atom is 0.255 e. The molecule has 0 heterocycles. The summed E-state index contributed by atoms with van der Waals surface area (Å²) in [6, 6.07) is 2.96. The number of halogens is 1. The number of phenols is 1. The molecule has 1 atom stereocenters. The molecule has 92 valence electrons. The molecule has 0 saturated heterocycles.